The van der Waals surface area contributed by atoms with Gasteiger partial charge in [-0.2, -0.15) is 5.26 Å². The van der Waals surface area contributed by atoms with Crippen LogP contribution in [0.1, 0.15) is 11.4 Å². The van der Waals surface area contributed by atoms with Crippen molar-refractivity contribution in [2.45, 2.75) is 0 Å². The summed E-state index contributed by atoms with van der Waals surface area (Å²) in [6, 6.07) is 24.2. The van der Waals surface area contributed by atoms with Crippen LogP contribution in [0.25, 0.3) is 22.7 Å². The minimum absolute atomic E-state index is 0.0394. The molecule has 0 atom stereocenters. The Morgan fingerprint density at radius 3 is 2.52 bits per heavy atom. The summed E-state index contributed by atoms with van der Waals surface area (Å²) in [6.07, 6.45) is 1.63. The number of imidazole rings is 1. The molecule has 3 aromatic carbocycles. The number of aromatic nitrogens is 2. The minimum Gasteiger partial charge on any atom is -0.339 e. The summed E-state index contributed by atoms with van der Waals surface area (Å²) in [7, 11) is 3.63. The first-order valence-electron chi connectivity index (χ1n) is 9.60. The molecule has 0 saturated heterocycles. The normalized spacial score (nSPS) is 11.3. The quantitative estimate of drug-likeness (QED) is 0.253. The van der Waals surface area contributed by atoms with Crippen molar-refractivity contribution in [2.24, 2.45) is 7.05 Å². The van der Waals surface area contributed by atoms with Crippen LogP contribution in [0.4, 0.5) is 17.1 Å². The standard InChI is InChI=1S/C24H19N5O2/c1-27(19-8-4-3-5-9-19)22-13-12-17(15-23(22)29(30)31)14-18(16-25)24-26-20-10-6-7-11-21(20)28(24)2/h3-15H,1-2H3/b18-14+. The van der Waals surface area contributed by atoms with E-state index in [9.17, 15) is 15.4 Å². The largest absolute Gasteiger partial charge is 0.339 e. The maximum absolute atomic E-state index is 11.8. The number of fused-ring (bicyclic) bond motifs is 1. The molecule has 152 valence electrons. The third-order valence-corrected chi connectivity index (χ3v) is 5.16. The molecule has 0 aliphatic carbocycles. The summed E-state index contributed by atoms with van der Waals surface area (Å²) in [4.78, 5) is 17.7. The van der Waals surface area contributed by atoms with Crippen molar-refractivity contribution >= 4 is 39.7 Å². The van der Waals surface area contributed by atoms with Crippen molar-refractivity contribution in [2.75, 3.05) is 11.9 Å². The van der Waals surface area contributed by atoms with Gasteiger partial charge in [-0.15, -0.1) is 0 Å². The lowest BCUT2D eigenvalue weighted by molar-refractivity contribution is -0.384. The second-order valence-electron chi connectivity index (χ2n) is 7.05. The molecule has 0 radical (unpaired) electrons. The van der Waals surface area contributed by atoms with Crippen molar-refractivity contribution in [3.05, 3.63) is 94.3 Å². The summed E-state index contributed by atoms with van der Waals surface area (Å²) >= 11 is 0. The van der Waals surface area contributed by atoms with Crippen molar-refractivity contribution in [1.82, 2.24) is 9.55 Å². The Balaban J connectivity index is 1.78. The van der Waals surface area contributed by atoms with Crippen LogP contribution in [0, 0.1) is 21.4 Å². The van der Waals surface area contributed by atoms with E-state index in [1.54, 1.807) is 30.2 Å². The molecule has 0 N–H and O–H groups in total. The maximum Gasteiger partial charge on any atom is 0.293 e. The predicted molar refractivity (Wildman–Crippen MR) is 122 cm³/mol. The van der Waals surface area contributed by atoms with E-state index in [1.165, 1.54) is 6.07 Å². The molecule has 0 unspecified atom stereocenters. The van der Waals surface area contributed by atoms with E-state index in [0.29, 0.717) is 22.6 Å². The highest BCUT2D eigenvalue weighted by Gasteiger charge is 2.19. The molecular formula is C24H19N5O2. The number of rotatable bonds is 5. The molecule has 4 rings (SSSR count). The number of hydrogen-bond acceptors (Lipinski definition) is 5. The van der Waals surface area contributed by atoms with E-state index in [2.05, 4.69) is 11.1 Å². The number of nitrogens with zero attached hydrogens (tertiary/aromatic N) is 5. The molecule has 1 aromatic heterocycles. The van der Waals surface area contributed by atoms with Crippen molar-refractivity contribution in [1.29, 1.82) is 5.26 Å². The third-order valence-electron chi connectivity index (χ3n) is 5.16. The van der Waals surface area contributed by atoms with Crippen LogP contribution in [0.2, 0.25) is 0 Å². The first kappa shape index (κ1) is 19.9. The Kier molecular flexibility index (Phi) is 5.21. The lowest BCUT2D eigenvalue weighted by Gasteiger charge is -2.19. The highest BCUT2D eigenvalue weighted by atomic mass is 16.6. The zero-order chi connectivity index (χ0) is 22.0. The van der Waals surface area contributed by atoms with Gasteiger partial charge in [-0.05, 0) is 42.0 Å². The third kappa shape index (κ3) is 3.74. The van der Waals surface area contributed by atoms with Crippen LogP contribution < -0.4 is 4.90 Å². The Bertz CT molecular complexity index is 1350. The first-order chi connectivity index (χ1) is 15.0. The van der Waals surface area contributed by atoms with Gasteiger partial charge >= 0.3 is 0 Å². The second-order valence-corrected chi connectivity index (χ2v) is 7.05. The van der Waals surface area contributed by atoms with E-state index in [4.69, 9.17) is 0 Å². The molecule has 0 aliphatic heterocycles. The average molecular weight is 409 g/mol. The fourth-order valence-corrected chi connectivity index (χ4v) is 3.55. The fourth-order valence-electron chi connectivity index (χ4n) is 3.55. The zero-order valence-corrected chi connectivity index (χ0v) is 17.1. The Hall–Kier alpha value is -4.44. The molecule has 0 saturated carbocycles. The van der Waals surface area contributed by atoms with Gasteiger partial charge in [0.15, 0.2) is 5.82 Å². The summed E-state index contributed by atoms with van der Waals surface area (Å²) in [5.41, 5.74) is 3.84. The summed E-state index contributed by atoms with van der Waals surface area (Å²) in [5, 5.41) is 21.5. The van der Waals surface area contributed by atoms with Gasteiger partial charge in [0, 0.05) is 25.8 Å². The fraction of sp³-hybridized carbons (Fsp3) is 0.0833. The highest BCUT2D eigenvalue weighted by Crippen LogP contribution is 2.34. The molecule has 0 aliphatic rings. The molecule has 0 amide bonds. The van der Waals surface area contributed by atoms with Crippen LogP contribution in [0.15, 0.2) is 72.8 Å². The number of para-hydroxylation sites is 3. The lowest BCUT2D eigenvalue weighted by atomic mass is 10.1. The van der Waals surface area contributed by atoms with Crippen molar-refractivity contribution in [3.8, 4) is 6.07 Å². The number of anilines is 2. The SMILES string of the molecule is CN(c1ccccc1)c1ccc(/C=C(\C#N)c2nc3ccccc3n2C)cc1[N+](=O)[O-]. The van der Waals surface area contributed by atoms with Crippen LogP contribution in [0.3, 0.4) is 0 Å². The van der Waals surface area contributed by atoms with Gasteiger partial charge in [0.2, 0.25) is 0 Å². The van der Waals surface area contributed by atoms with Crippen molar-refractivity contribution in [3.63, 3.8) is 0 Å². The van der Waals surface area contributed by atoms with Crippen LogP contribution in [-0.4, -0.2) is 21.5 Å². The summed E-state index contributed by atoms with van der Waals surface area (Å²) in [6.45, 7) is 0. The lowest BCUT2D eigenvalue weighted by Crippen LogP contribution is -2.11. The van der Waals surface area contributed by atoms with Gasteiger partial charge in [0.1, 0.15) is 11.8 Å². The van der Waals surface area contributed by atoms with E-state index < -0.39 is 4.92 Å². The number of nitriles is 1. The van der Waals surface area contributed by atoms with Gasteiger partial charge in [-0.3, -0.25) is 10.1 Å². The number of nitro groups is 1. The number of hydrogen-bond donors (Lipinski definition) is 0. The maximum atomic E-state index is 11.8. The van der Waals surface area contributed by atoms with E-state index >= 15 is 0 Å². The average Bonchev–Trinajstić information content (AvgIpc) is 3.14. The zero-order valence-electron chi connectivity index (χ0n) is 17.1. The molecule has 7 nitrogen and oxygen atoms in total. The summed E-state index contributed by atoms with van der Waals surface area (Å²) in [5.74, 6) is 0.511. The molecule has 7 heteroatoms. The molecule has 0 bridgehead atoms. The van der Waals surface area contributed by atoms with E-state index in [-0.39, 0.29) is 5.69 Å². The van der Waals surface area contributed by atoms with E-state index in [0.717, 1.165) is 16.7 Å². The number of aryl methyl sites for hydroxylation is 1. The first-order valence-corrected chi connectivity index (χ1v) is 9.60. The van der Waals surface area contributed by atoms with Gasteiger partial charge < -0.3 is 9.47 Å². The van der Waals surface area contributed by atoms with E-state index in [1.807, 2.05) is 66.2 Å². The molecule has 0 fully saturated rings. The van der Waals surface area contributed by atoms with Crippen LogP contribution >= 0.6 is 0 Å². The minimum atomic E-state index is -0.409. The number of benzene rings is 3. The molecule has 31 heavy (non-hydrogen) atoms. The van der Waals surface area contributed by atoms with Gasteiger partial charge in [0.25, 0.3) is 5.69 Å². The van der Waals surface area contributed by atoms with Gasteiger partial charge in [-0.25, -0.2) is 4.98 Å². The smallest absolute Gasteiger partial charge is 0.293 e. The topological polar surface area (TPSA) is 88.0 Å². The predicted octanol–water partition coefficient (Wildman–Crippen LogP) is 5.31. The molecule has 4 aromatic rings. The van der Waals surface area contributed by atoms with Gasteiger partial charge in [-0.1, -0.05) is 36.4 Å². The number of nitro benzene ring substituents is 1. The van der Waals surface area contributed by atoms with Gasteiger partial charge in [0.05, 0.1) is 21.5 Å². The Morgan fingerprint density at radius 2 is 1.84 bits per heavy atom. The summed E-state index contributed by atoms with van der Waals surface area (Å²) < 4.78 is 1.84. The second kappa shape index (κ2) is 8.13. The highest BCUT2D eigenvalue weighted by molar-refractivity contribution is 5.91. The van der Waals surface area contributed by atoms with Crippen LogP contribution in [-0.2, 0) is 7.05 Å². The van der Waals surface area contributed by atoms with Crippen molar-refractivity contribution < 1.29 is 4.92 Å². The van der Waals surface area contributed by atoms with Crippen LogP contribution in [0.5, 0.6) is 0 Å². The Labute approximate surface area is 179 Å². The number of allylic oxidation sites excluding steroid dienone is 1. The molecule has 0 spiro atoms. The monoisotopic (exact) mass is 409 g/mol. The Morgan fingerprint density at radius 1 is 1.13 bits per heavy atom. The molecule has 1 heterocycles. The molecular weight excluding hydrogens is 390 g/mol.